The first-order chi connectivity index (χ1) is 14.6. The molecule has 1 aromatic heterocycles. The maximum atomic E-state index is 12.3. The zero-order valence-corrected chi connectivity index (χ0v) is 18.2. The molecule has 2 rings (SSSR count). The molecule has 1 aromatic carbocycles. The first-order valence-corrected chi connectivity index (χ1v) is 10.3. The van der Waals surface area contributed by atoms with Gasteiger partial charge >= 0.3 is 0 Å². The standard InChI is InChI=1S/C23H33N5O2/c1-19(20-10-5-4-6-11-20)30-17-9-15-26-23(24-2)27-18-22(29)28(3)16-13-21-12-7-8-14-25-21/h4-8,10-12,14,19H,9,13,15-18H2,1-3H3,(H2,24,26,27). The van der Waals surface area contributed by atoms with Crippen LogP contribution in [0, 0.1) is 0 Å². The van der Waals surface area contributed by atoms with E-state index >= 15 is 0 Å². The third-order valence-electron chi connectivity index (χ3n) is 4.74. The summed E-state index contributed by atoms with van der Waals surface area (Å²) in [6.07, 6.45) is 3.41. The van der Waals surface area contributed by atoms with Gasteiger partial charge in [-0.2, -0.15) is 0 Å². The van der Waals surface area contributed by atoms with Crippen LogP contribution >= 0.6 is 0 Å². The molecule has 0 aliphatic heterocycles. The fraction of sp³-hybridized carbons (Fsp3) is 0.435. The molecular formula is C23H33N5O2. The van der Waals surface area contributed by atoms with Crippen molar-refractivity contribution in [2.24, 2.45) is 4.99 Å². The summed E-state index contributed by atoms with van der Waals surface area (Å²) >= 11 is 0. The van der Waals surface area contributed by atoms with E-state index in [1.54, 1.807) is 25.2 Å². The summed E-state index contributed by atoms with van der Waals surface area (Å²) in [6, 6.07) is 16.0. The van der Waals surface area contributed by atoms with Gasteiger partial charge in [-0.05, 0) is 31.0 Å². The number of ether oxygens (including phenoxy) is 1. The lowest BCUT2D eigenvalue weighted by atomic mass is 10.1. The second kappa shape index (κ2) is 13.3. The van der Waals surface area contributed by atoms with E-state index in [1.807, 2.05) is 36.4 Å². The number of carbonyl (C=O) groups is 1. The predicted molar refractivity (Wildman–Crippen MR) is 120 cm³/mol. The van der Waals surface area contributed by atoms with Crippen molar-refractivity contribution in [2.45, 2.75) is 25.9 Å². The van der Waals surface area contributed by atoms with Crippen LogP contribution in [0.5, 0.6) is 0 Å². The van der Waals surface area contributed by atoms with Crippen molar-refractivity contribution >= 4 is 11.9 Å². The van der Waals surface area contributed by atoms with Crippen molar-refractivity contribution < 1.29 is 9.53 Å². The van der Waals surface area contributed by atoms with Crippen LogP contribution in [0.1, 0.15) is 30.7 Å². The molecule has 2 aromatic rings. The molecule has 30 heavy (non-hydrogen) atoms. The number of hydrogen-bond donors (Lipinski definition) is 2. The molecule has 0 bridgehead atoms. The summed E-state index contributed by atoms with van der Waals surface area (Å²) in [5.74, 6) is 0.617. The minimum atomic E-state index is 0.00824. The lowest BCUT2D eigenvalue weighted by Crippen LogP contribution is -2.44. The van der Waals surface area contributed by atoms with Gasteiger partial charge < -0.3 is 20.3 Å². The first-order valence-electron chi connectivity index (χ1n) is 10.3. The Morgan fingerprint density at radius 1 is 1.17 bits per heavy atom. The topological polar surface area (TPSA) is 78.9 Å². The van der Waals surface area contributed by atoms with Gasteiger partial charge in [-0.25, -0.2) is 0 Å². The molecule has 7 heteroatoms. The average Bonchev–Trinajstić information content (AvgIpc) is 2.80. The third kappa shape index (κ3) is 8.61. The number of benzene rings is 1. The Kier molecular flexibility index (Phi) is 10.4. The van der Waals surface area contributed by atoms with E-state index < -0.39 is 0 Å². The highest BCUT2D eigenvalue weighted by Gasteiger charge is 2.10. The van der Waals surface area contributed by atoms with E-state index in [9.17, 15) is 4.79 Å². The molecule has 0 fully saturated rings. The Hall–Kier alpha value is -2.93. The van der Waals surface area contributed by atoms with Gasteiger partial charge in [0.15, 0.2) is 5.96 Å². The van der Waals surface area contributed by atoms with Crippen molar-refractivity contribution in [3.63, 3.8) is 0 Å². The number of aromatic nitrogens is 1. The third-order valence-corrected chi connectivity index (χ3v) is 4.74. The molecule has 0 saturated carbocycles. The fourth-order valence-electron chi connectivity index (χ4n) is 2.83. The smallest absolute Gasteiger partial charge is 0.241 e. The van der Waals surface area contributed by atoms with Gasteiger partial charge in [0, 0.05) is 52.1 Å². The van der Waals surface area contributed by atoms with Crippen LogP contribution in [-0.2, 0) is 16.0 Å². The maximum Gasteiger partial charge on any atom is 0.241 e. The highest BCUT2D eigenvalue weighted by molar-refractivity contribution is 5.86. The number of nitrogens with one attached hydrogen (secondary N) is 2. The van der Waals surface area contributed by atoms with E-state index in [0.717, 1.165) is 18.5 Å². The number of carbonyl (C=O) groups excluding carboxylic acids is 1. The van der Waals surface area contributed by atoms with Gasteiger partial charge in [-0.15, -0.1) is 0 Å². The number of pyridine rings is 1. The Balaban J connectivity index is 1.59. The van der Waals surface area contributed by atoms with Crippen LogP contribution in [0.25, 0.3) is 0 Å². The van der Waals surface area contributed by atoms with Gasteiger partial charge in [0.2, 0.25) is 5.91 Å². The van der Waals surface area contributed by atoms with E-state index in [4.69, 9.17) is 4.74 Å². The number of hydrogen-bond acceptors (Lipinski definition) is 4. The van der Waals surface area contributed by atoms with Crippen molar-refractivity contribution in [3.8, 4) is 0 Å². The zero-order chi connectivity index (χ0) is 21.6. The highest BCUT2D eigenvalue weighted by atomic mass is 16.5. The van der Waals surface area contributed by atoms with Crippen LogP contribution in [0.4, 0.5) is 0 Å². The van der Waals surface area contributed by atoms with Crippen molar-refractivity contribution in [1.82, 2.24) is 20.5 Å². The van der Waals surface area contributed by atoms with Crippen LogP contribution in [0.2, 0.25) is 0 Å². The molecule has 1 amide bonds. The molecule has 0 spiro atoms. The number of guanidine groups is 1. The second-order valence-electron chi connectivity index (χ2n) is 7.02. The first kappa shape index (κ1) is 23.3. The number of rotatable bonds is 11. The average molecular weight is 412 g/mol. The van der Waals surface area contributed by atoms with E-state index in [-0.39, 0.29) is 18.6 Å². The Labute approximate surface area is 179 Å². The molecule has 1 atom stereocenters. The van der Waals surface area contributed by atoms with Gasteiger partial charge in [-0.1, -0.05) is 36.4 Å². The van der Waals surface area contributed by atoms with Gasteiger partial charge in [0.25, 0.3) is 0 Å². The molecule has 2 N–H and O–H groups in total. The minimum Gasteiger partial charge on any atom is -0.374 e. The quantitative estimate of drug-likeness (QED) is 0.337. The molecule has 0 aliphatic rings. The van der Waals surface area contributed by atoms with Gasteiger partial charge in [-0.3, -0.25) is 14.8 Å². The maximum absolute atomic E-state index is 12.3. The Bertz CT molecular complexity index is 768. The number of amides is 1. The monoisotopic (exact) mass is 411 g/mol. The SMILES string of the molecule is CN=C(NCCCOC(C)c1ccccc1)NCC(=O)N(C)CCc1ccccn1. The Morgan fingerprint density at radius 2 is 1.93 bits per heavy atom. The van der Waals surface area contributed by atoms with Crippen LogP contribution < -0.4 is 10.6 Å². The normalized spacial score (nSPS) is 12.3. The summed E-state index contributed by atoms with van der Waals surface area (Å²) in [7, 11) is 3.49. The summed E-state index contributed by atoms with van der Waals surface area (Å²) in [4.78, 5) is 22.5. The van der Waals surface area contributed by atoms with Crippen LogP contribution in [0.15, 0.2) is 59.7 Å². The molecule has 162 valence electrons. The molecule has 0 saturated heterocycles. The Morgan fingerprint density at radius 3 is 2.63 bits per heavy atom. The van der Waals surface area contributed by atoms with Crippen molar-refractivity contribution in [2.75, 3.05) is 40.3 Å². The number of likely N-dealkylation sites (N-methyl/N-ethyl adjacent to an activating group) is 1. The molecule has 0 aliphatic carbocycles. The largest absolute Gasteiger partial charge is 0.374 e. The van der Waals surface area contributed by atoms with E-state index in [0.29, 0.717) is 25.7 Å². The molecular weight excluding hydrogens is 378 g/mol. The highest BCUT2D eigenvalue weighted by Crippen LogP contribution is 2.15. The van der Waals surface area contributed by atoms with Crippen LogP contribution in [0.3, 0.4) is 0 Å². The van der Waals surface area contributed by atoms with Gasteiger partial charge in [0.1, 0.15) is 0 Å². The summed E-state index contributed by atoms with van der Waals surface area (Å²) < 4.78 is 5.87. The lowest BCUT2D eigenvalue weighted by molar-refractivity contribution is -0.128. The van der Waals surface area contributed by atoms with Gasteiger partial charge in [0.05, 0.1) is 12.6 Å². The van der Waals surface area contributed by atoms with E-state index in [2.05, 4.69) is 39.7 Å². The molecule has 1 unspecified atom stereocenters. The molecule has 1 heterocycles. The minimum absolute atomic E-state index is 0.00824. The lowest BCUT2D eigenvalue weighted by Gasteiger charge is -2.18. The number of aliphatic imine (C=N–C) groups is 1. The second-order valence-corrected chi connectivity index (χ2v) is 7.02. The molecule has 0 radical (unpaired) electrons. The predicted octanol–water partition coefficient (Wildman–Crippen LogP) is 2.42. The number of nitrogens with zero attached hydrogens (tertiary/aromatic N) is 3. The van der Waals surface area contributed by atoms with Crippen molar-refractivity contribution in [3.05, 3.63) is 66.0 Å². The van der Waals surface area contributed by atoms with Crippen LogP contribution in [-0.4, -0.2) is 62.1 Å². The summed E-state index contributed by atoms with van der Waals surface area (Å²) in [6.45, 7) is 4.24. The van der Waals surface area contributed by atoms with E-state index in [1.165, 1.54) is 5.56 Å². The zero-order valence-electron chi connectivity index (χ0n) is 18.2. The summed E-state index contributed by atoms with van der Waals surface area (Å²) in [5, 5.41) is 6.28. The van der Waals surface area contributed by atoms with Crippen molar-refractivity contribution in [1.29, 1.82) is 0 Å². The summed E-state index contributed by atoms with van der Waals surface area (Å²) in [5.41, 5.74) is 2.15. The molecule has 7 nitrogen and oxygen atoms in total. The fourth-order valence-corrected chi connectivity index (χ4v) is 2.83.